The van der Waals surface area contributed by atoms with Crippen LogP contribution >= 0.6 is 34.7 Å². The second-order valence-electron chi connectivity index (χ2n) is 7.88. The molecule has 5 nitrogen and oxygen atoms in total. The molecule has 0 saturated carbocycles. The van der Waals surface area contributed by atoms with Gasteiger partial charge in [0.25, 0.3) is 5.91 Å². The zero-order valence-corrected chi connectivity index (χ0v) is 18.4. The number of amides is 1. The highest BCUT2D eigenvalue weighted by atomic mass is 35.5. The summed E-state index contributed by atoms with van der Waals surface area (Å²) in [7, 11) is 0. The van der Waals surface area contributed by atoms with E-state index in [4.69, 9.17) is 23.2 Å². The lowest BCUT2D eigenvalue weighted by Gasteiger charge is -2.46. The summed E-state index contributed by atoms with van der Waals surface area (Å²) >= 11 is 13.7. The van der Waals surface area contributed by atoms with E-state index in [0.29, 0.717) is 35.6 Å². The number of aromatic nitrogens is 2. The molecule has 0 aliphatic carbocycles. The van der Waals surface area contributed by atoms with Crippen LogP contribution < -0.4 is 0 Å². The van der Waals surface area contributed by atoms with Gasteiger partial charge in [-0.2, -0.15) is 4.37 Å². The number of carbonyl (C=O) groups excluding carboxylic acids is 1. The fourth-order valence-electron chi connectivity index (χ4n) is 4.52. The van der Waals surface area contributed by atoms with Gasteiger partial charge < -0.3 is 4.90 Å². The number of hydrogen-bond acceptors (Lipinski definition) is 5. The number of benzene rings is 1. The van der Waals surface area contributed by atoms with Gasteiger partial charge in [0.2, 0.25) is 0 Å². The number of hydrogen-bond donors (Lipinski definition) is 0. The van der Waals surface area contributed by atoms with Crippen molar-refractivity contribution in [3.8, 4) is 0 Å². The van der Waals surface area contributed by atoms with Gasteiger partial charge in [0.05, 0.1) is 27.2 Å². The normalized spacial score (nSPS) is 22.3. The molecule has 0 unspecified atom stereocenters. The van der Waals surface area contributed by atoms with E-state index in [9.17, 15) is 9.18 Å². The molecule has 9 heteroatoms. The van der Waals surface area contributed by atoms with E-state index < -0.39 is 0 Å². The molecule has 5 rings (SSSR count). The molecule has 156 valence electrons. The summed E-state index contributed by atoms with van der Waals surface area (Å²) < 4.78 is 17.6. The number of piperazine rings is 1. The van der Waals surface area contributed by atoms with Gasteiger partial charge in [-0.25, -0.2) is 9.37 Å². The van der Waals surface area contributed by atoms with Crippen LogP contribution in [-0.4, -0.2) is 57.3 Å². The molecule has 0 N–H and O–H groups in total. The molecule has 1 aromatic carbocycles. The Labute approximate surface area is 187 Å². The molecule has 1 amide bonds. The molecule has 2 fully saturated rings. The van der Waals surface area contributed by atoms with Gasteiger partial charge in [-0.15, -0.1) is 0 Å². The van der Waals surface area contributed by atoms with E-state index in [1.54, 1.807) is 18.5 Å². The quantitative estimate of drug-likeness (QED) is 0.544. The number of pyridine rings is 1. The summed E-state index contributed by atoms with van der Waals surface area (Å²) in [5, 5.41) is 1.33. The van der Waals surface area contributed by atoms with Crippen molar-refractivity contribution < 1.29 is 9.18 Å². The van der Waals surface area contributed by atoms with E-state index >= 15 is 0 Å². The summed E-state index contributed by atoms with van der Waals surface area (Å²) in [6.45, 7) is 3.01. The molecule has 4 heterocycles. The molecular formula is C21H19Cl2FN4OS. The molecule has 2 atom stereocenters. The van der Waals surface area contributed by atoms with Crippen molar-refractivity contribution in [1.82, 2.24) is 19.2 Å². The van der Waals surface area contributed by atoms with Gasteiger partial charge in [0, 0.05) is 38.4 Å². The molecule has 0 spiro atoms. The van der Waals surface area contributed by atoms with Crippen LogP contribution in [0.2, 0.25) is 10.0 Å². The van der Waals surface area contributed by atoms with Crippen LogP contribution in [0.1, 0.15) is 34.7 Å². The van der Waals surface area contributed by atoms with Crippen molar-refractivity contribution >= 4 is 50.9 Å². The Kier molecular flexibility index (Phi) is 5.39. The van der Waals surface area contributed by atoms with Crippen molar-refractivity contribution in [2.45, 2.75) is 24.8 Å². The van der Waals surface area contributed by atoms with Gasteiger partial charge in [-0.3, -0.25) is 9.69 Å². The summed E-state index contributed by atoms with van der Waals surface area (Å²) in [5.41, 5.74) is 1.52. The zero-order chi connectivity index (χ0) is 20.8. The molecule has 2 aromatic heterocycles. The summed E-state index contributed by atoms with van der Waals surface area (Å²) in [5.74, 6) is -0.132. The Bertz CT molecular complexity index is 1120. The first-order chi connectivity index (χ1) is 14.5. The second kappa shape index (κ2) is 8.04. The lowest BCUT2D eigenvalue weighted by atomic mass is 9.86. The van der Waals surface area contributed by atoms with Crippen LogP contribution in [0.4, 0.5) is 4.39 Å². The van der Waals surface area contributed by atoms with Crippen LogP contribution in [0.25, 0.3) is 10.2 Å². The lowest BCUT2D eigenvalue weighted by molar-refractivity contribution is 0.0329. The minimum Gasteiger partial charge on any atom is -0.336 e. The van der Waals surface area contributed by atoms with E-state index in [1.807, 2.05) is 11.0 Å². The van der Waals surface area contributed by atoms with Crippen molar-refractivity contribution in [2.75, 3.05) is 26.2 Å². The first-order valence-corrected chi connectivity index (χ1v) is 11.4. The monoisotopic (exact) mass is 464 g/mol. The van der Waals surface area contributed by atoms with Crippen molar-refractivity contribution in [3.05, 3.63) is 57.6 Å². The summed E-state index contributed by atoms with van der Waals surface area (Å²) in [6, 6.07) is 5.33. The van der Waals surface area contributed by atoms with E-state index in [-0.39, 0.29) is 16.7 Å². The zero-order valence-electron chi connectivity index (χ0n) is 16.0. The van der Waals surface area contributed by atoms with Crippen molar-refractivity contribution in [3.63, 3.8) is 0 Å². The maximum atomic E-state index is 13.5. The average molecular weight is 465 g/mol. The Hall–Kier alpha value is -1.80. The highest BCUT2D eigenvalue weighted by Crippen LogP contribution is 2.34. The molecule has 2 saturated heterocycles. The van der Waals surface area contributed by atoms with Crippen molar-refractivity contribution in [1.29, 1.82) is 0 Å². The third kappa shape index (κ3) is 3.58. The first-order valence-electron chi connectivity index (χ1n) is 9.88. The standard InChI is InChI=1S/C21H19Cl2FN4OS/c22-17-7-12(2-4-18(17)24)13-1-3-14-11-28(6-5-27(14)10-13)21(29)16-8-25-20-15(19(16)23)9-26-30-20/h2,4,7-9,13-14H,1,3,5-6,10-11H2/t13-,14+/m0/s1. The number of halogens is 3. The van der Waals surface area contributed by atoms with Crippen molar-refractivity contribution in [2.24, 2.45) is 0 Å². The number of fused-ring (bicyclic) bond motifs is 2. The molecular weight excluding hydrogens is 446 g/mol. The number of rotatable bonds is 2. The third-order valence-electron chi connectivity index (χ3n) is 6.18. The van der Waals surface area contributed by atoms with Gasteiger partial charge in [0.1, 0.15) is 10.6 Å². The minimum atomic E-state index is -0.384. The fraction of sp³-hybridized carbons (Fsp3) is 0.381. The van der Waals surface area contributed by atoms with E-state index in [1.165, 1.54) is 17.6 Å². The number of nitrogens with zero attached hydrogens (tertiary/aromatic N) is 4. The molecule has 3 aromatic rings. The molecule has 0 bridgehead atoms. The summed E-state index contributed by atoms with van der Waals surface area (Å²) in [6.07, 6.45) is 5.18. The predicted octanol–water partition coefficient (Wildman–Crippen LogP) is 4.84. The molecule has 0 radical (unpaired) electrons. The summed E-state index contributed by atoms with van der Waals surface area (Å²) in [4.78, 5) is 22.5. The van der Waals surface area contributed by atoms with E-state index in [2.05, 4.69) is 14.3 Å². The Morgan fingerprint density at radius 1 is 1.17 bits per heavy atom. The van der Waals surface area contributed by atoms with Gasteiger partial charge >= 0.3 is 0 Å². The number of piperidine rings is 1. The van der Waals surface area contributed by atoms with Gasteiger partial charge in [-0.1, -0.05) is 29.3 Å². The smallest absolute Gasteiger partial charge is 0.257 e. The minimum absolute atomic E-state index is 0.0762. The third-order valence-corrected chi connectivity index (χ3v) is 7.58. The first kappa shape index (κ1) is 20.1. The van der Waals surface area contributed by atoms with Crippen LogP contribution in [0.3, 0.4) is 0 Å². The van der Waals surface area contributed by atoms with Crippen LogP contribution in [0.15, 0.2) is 30.6 Å². The molecule has 2 aliphatic rings. The highest BCUT2D eigenvalue weighted by Gasteiger charge is 2.35. The average Bonchev–Trinajstić information content (AvgIpc) is 3.24. The maximum absolute atomic E-state index is 13.5. The molecule has 2 aliphatic heterocycles. The largest absolute Gasteiger partial charge is 0.336 e. The maximum Gasteiger partial charge on any atom is 0.257 e. The Balaban J connectivity index is 1.28. The fourth-order valence-corrected chi connectivity index (χ4v) is 5.64. The lowest BCUT2D eigenvalue weighted by Crippen LogP contribution is -2.57. The second-order valence-corrected chi connectivity index (χ2v) is 9.44. The van der Waals surface area contributed by atoms with Crippen LogP contribution in [-0.2, 0) is 0 Å². The number of carbonyl (C=O) groups is 1. The highest BCUT2D eigenvalue weighted by molar-refractivity contribution is 7.12. The van der Waals surface area contributed by atoms with Gasteiger partial charge in [-0.05, 0) is 48.0 Å². The van der Waals surface area contributed by atoms with Gasteiger partial charge in [0.15, 0.2) is 0 Å². The molecule has 30 heavy (non-hydrogen) atoms. The topological polar surface area (TPSA) is 49.3 Å². The Morgan fingerprint density at radius 2 is 2.03 bits per heavy atom. The Morgan fingerprint density at radius 3 is 2.87 bits per heavy atom. The van der Waals surface area contributed by atoms with Crippen LogP contribution in [0.5, 0.6) is 0 Å². The predicted molar refractivity (Wildman–Crippen MR) is 117 cm³/mol. The SMILES string of the molecule is O=C(c1cnc2sncc2c1Cl)N1CCN2C[C@@H](c3ccc(F)c(Cl)c3)CC[C@@H]2C1. The van der Waals surface area contributed by atoms with E-state index in [0.717, 1.165) is 41.7 Å². The van der Waals surface area contributed by atoms with Crippen LogP contribution in [0, 0.1) is 5.82 Å².